The van der Waals surface area contributed by atoms with Crippen LogP contribution in [0.15, 0.2) is 30.3 Å². The minimum absolute atomic E-state index is 0.0704. The lowest BCUT2D eigenvalue weighted by atomic mass is 10.1. The molecule has 0 radical (unpaired) electrons. The summed E-state index contributed by atoms with van der Waals surface area (Å²) in [5, 5.41) is 11.3. The third-order valence-corrected chi connectivity index (χ3v) is 4.68. The van der Waals surface area contributed by atoms with Crippen molar-refractivity contribution in [3.05, 3.63) is 35.9 Å². The zero-order chi connectivity index (χ0) is 19.5. The Hall–Kier alpha value is -2.57. The number of hydrogen-bond donors (Lipinski definition) is 2. The third kappa shape index (κ3) is 7.68. The molecule has 7 heteroatoms. The van der Waals surface area contributed by atoms with Gasteiger partial charge in [-0.1, -0.05) is 43.2 Å². The van der Waals surface area contributed by atoms with Gasteiger partial charge in [-0.05, 0) is 24.8 Å². The third-order valence-electron chi connectivity index (χ3n) is 4.68. The molecule has 2 rings (SSSR count). The first-order chi connectivity index (χ1) is 13.1. The lowest BCUT2D eigenvalue weighted by Crippen LogP contribution is -2.38. The summed E-state index contributed by atoms with van der Waals surface area (Å²) in [5.41, 5.74) is 0.995. The molecule has 1 saturated heterocycles. The quantitative estimate of drug-likeness (QED) is 0.579. The molecular formula is C20H28N2O5. The van der Waals surface area contributed by atoms with E-state index in [1.54, 1.807) is 4.90 Å². The molecule has 0 bridgehead atoms. The molecule has 148 valence electrons. The van der Waals surface area contributed by atoms with Crippen LogP contribution in [0.25, 0.3) is 0 Å². The maximum Gasteiger partial charge on any atom is 0.407 e. The van der Waals surface area contributed by atoms with Gasteiger partial charge in [-0.3, -0.25) is 9.59 Å². The Morgan fingerprint density at radius 3 is 2.63 bits per heavy atom. The van der Waals surface area contributed by atoms with E-state index in [-0.39, 0.29) is 25.0 Å². The van der Waals surface area contributed by atoms with Gasteiger partial charge in [0.15, 0.2) is 0 Å². The highest BCUT2D eigenvalue weighted by atomic mass is 16.5. The number of nitrogens with one attached hydrogen (secondary N) is 1. The van der Waals surface area contributed by atoms with Crippen LogP contribution in [-0.2, 0) is 20.9 Å². The Morgan fingerprint density at radius 2 is 1.89 bits per heavy atom. The minimum Gasteiger partial charge on any atom is -0.481 e. The number of unbranched alkanes of at least 4 members (excludes halogenated alkanes) is 3. The molecule has 1 atom stereocenters. The fourth-order valence-electron chi connectivity index (χ4n) is 3.18. The van der Waals surface area contributed by atoms with Gasteiger partial charge in [0, 0.05) is 25.9 Å². The van der Waals surface area contributed by atoms with Crippen LogP contribution in [-0.4, -0.2) is 47.2 Å². The first-order valence-corrected chi connectivity index (χ1v) is 9.52. The molecule has 0 saturated carbocycles. The minimum atomic E-state index is -0.771. The van der Waals surface area contributed by atoms with Gasteiger partial charge in [0.2, 0.25) is 5.91 Å². The predicted molar refractivity (Wildman–Crippen MR) is 100 cm³/mol. The zero-order valence-corrected chi connectivity index (χ0v) is 15.6. The van der Waals surface area contributed by atoms with Gasteiger partial charge in [0.25, 0.3) is 0 Å². The topological polar surface area (TPSA) is 95.9 Å². The van der Waals surface area contributed by atoms with E-state index in [4.69, 9.17) is 9.84 Å². The second kappa shape index (κ2) is 11.2. The Morgan fingerprint density at radius 1 is 1.15 bits per heavy atom. The number of likely N-dealkylation sites (tertiary alicyclic amines) is 1. The molecule has 1 heterocycles. The molecule has 2 N–H and O–H groups in total. The van der Waals surface area contributed by atoms with Crippen LogP contribution in [0.5, 0.6) is 0 Å². The van der Waals surface area contributed by atoms with Crippen molar-refractivity contribution >= 4 is 18.0 Å². The van der Waals surface area contributed by atoms with Crippen LogP contribution in [0.3, 0.4) is 0 Å². The molecule has 1 aliphatic rings. The summed E-state index contributed by atoms with van der Waals surface area (Å²) in [5.74, 6) is -0.675. The molecule has 7 nitrogen and oxygen atoms in total. The van der Waals surface area contributed by atoms with Crippen molar-refractivity contribution in [3.63, 3.8) is 0 Å². The summed E-state index contributed by atoms with van der Waals surface area (Å²) >= 11 is 0. The predicted octanol–water partition coefficient (Wildman–Crippen LogP) is 2.94. The largest absolute Gasteiger partial charge is 0.481 e. The standard InChI is InChI=1S/C20H28N2O5/c23-18-12-11-17(22(18)13-7-2-1-6-10-19(24)25)15-27-20(26)21-14-16-8-4-3-5-9-16/h3-5,8-9,17H,1-2,6-7,10-15H2,(H,21,26)(H,24,25)/t17-/m1/s1. The number of hydrogen-bond acceptors (Lipinski definition) is 4. The van der Waals surface area contributed by atoms with Crippen LogP contribution in [0.4, 0.5) is 4.79 Å². The Balaban J connectivity index is 1.64. The van der Waals surface area contributed by atoms with Gasteiger partial charge in [0.1, 0.15) is 6.61 Å². The Bertz CT molecular complexity index is 620. The van der Waals surface area contributed by atoms with Gasteiger partial charge in [-0.2, -0.15) is 0 Å². The second-order valence-corrected chi connectivity index (χ2v) is 6.78. The summed E-state index contributed by atoms with van der Waals surface area (Å²) in [6.45, 7) is 1.24. The fraction of sp³-hybridized carbons (Fsp3) is 0.550. The monoisotopic (exact) mass is 376 g/mol. The molecule has 1 aromatic carbocycles. The Kier molecular flexibility index (Phi) is 8.61. The molecule has 1 fully saturated rings. The second-order valence-electron chi connectivity index (χ2n) is 6.78. The molecular weight excluding hydrogens is 348 g/mol. The number of alkyl carbamates (subject to hydrolysis) is 1. The number of ether oxygens (including phenoxy) is 1. The van der Waals surface area contributed by atoms with Crippen LogP contribution in [0, 0.1) is 0 Å². The van der Waals surface area contributed by atoms with Gasteiger partial charge >= 0.3 is 12.1 Å². The van der Waals surface area contributed by atoms with Gasteiger partial charge < -0.3 is 20.1 Å². The number of rotatable bonds is 11. The fourth-order valence-corrected chi connectivity index (χ4v) is 3.18. The molecule has 2 amide bonds. The van der Waals surface area contributed by atoms with E-state index in [9.17, 15) is 14.4 Å². The lowest BCUT2D eigenvalue weighted by molar-refractivity contribution is -0.137. The highest BCUT2D eigenvalue weighted by Crippen LogP contribution is 2.20. The van der Waals surface area contributed by atoms with Crippen LogP contribution in [0.1, 0.15) is 50.5 Å². The van der Waals surface area contributed by atoms with E-state index >= 15 is 0 Å². The molecule has 0 spiro atoms. The molecule has 1 aliphatic heterocycles. The van der Waals surface area contributed by atoms with Crippen molar-refractivity contribution in [2.24, 2.45) is 0 Å². The van der Waals surface area contributed by atoms with Crippen LogP contribution in [0.2, 0.25) is 0 Å². The number of carbonyl (C=O) groups excluding carboxylic acids is 2. The van der Waals surface area contributed by atoms with Crippen molar-refractivity contribution in [1.82, 2.24) is 10.2 Å². The van der Waals surface area contributed by atoms with Crippen molar-refractivity contribution in [2.75, 3.05) is 13.2 Å². The van der Waals surface area contributed by atoms with Crippen molar-refractivity contribution < 1.29 is 24.2 Å². The van der Waals surface area contributed by atoms with E-state index < -0.39 is 12.1 Å². The number of amides is 2. The lowest BCUT2D eigenvalue weighted by Gasteiger charge is -2.24. The summed E-state index contributed by atoms with van der Waals surface area (Å²) in [7, 11) is 0. The van der Waals surface area contributed by atoms with Crippen LogP contribution >= 0.6 is 0 Å². The number of carboxylic acids is 1. The summed E-state index contributed by atoms with van der Waals surface area (Å²) in [6, 6.07) is 9.51. The summed E-state index contributed by atoms with van der Waals surface area (Å²) < 4.78 is 5.29. The van der Waals surface area contributed by atoms with E-state index in [1.165, 1.54) is 0 Å². The van der Waals surface area contributed by atoms with E-state index in [1.807, 2.05) is 30.3 Å². The number of benzene rings is 1. The highest BCUT2D eigenvalue weighted by molar-refractivity contribution is 5.78. The SMILES string of the molecule is O=C(O)CCCCCCN1C(=O)CC[C@@H]1COC(=O)NCc1ccccc1. The maximum absolute atomic E-state index is 12.0. The zero-order valence-electron chi connectivity index (χ0n) is 15.6. The normalized spacial score (nSPS) is 16.4. The maximum atomic E-state index is 12.0. The first kappa shape index (κ1) is 20.7. The molecule has 0 aliphatic carbocycles. The van der Waals surface area contributed by atoms with Gasteiger partial charge in [-0.25, -0.2) is 4.79 Å². The van der Waals surface area contributed by atoms with Crippen molar-refractivity contribution in [3.8, 4) is 0 Å². The van der Waals surface area contributed by atoms with Gasteiger partial charge in [0.05, 0.1) is 6.04 Å². The van der Waals surface area contributed by atoms with Crippen molar-refractivity contribution in [2.45, 2.75) is 57.5 Å². The number of carbonyl (C=O) groups is 3. The van der Waals surface area contributed by atoms with E-state index in [2.05, 4.69) is 5.32 Å². The number of carboxylic acid groups (broad SMARTS) is 1. The van der Waals surface area contributed by atoms with Gasteiger partial charge in [-0.15, -0.1) is 0 Å². The molecule has 0 aromatic heterocycles. The smallest absolute Gasteiger partial charge is 0.407 e. The average Bonchev–Trinajstić information content (AvgIpc) is 3.01. The summed E-state index contributed by atoms with van der Waals surface area (Å²) in [4.78, 5) is 36.2. The van der Waals surface area contributed by atoms with Crippen molar-refractivity contribution in [1.29, 1.82) is 0 Å². The average molecular weight is 376 g/mol. The van der Waals surface area contributed by atoms with Crippen LogP contribution < -0.4 is 5.32 Å². The number of aliphatic carboxylic acids is 1. The molecule has 0 unspecified atom stereocenters. The van der Waals surface area contributed by atoms with E-state index in [0.29, 0.717) is 32.4 Å². The summed E-state index contributed by atoms with van der Waals surface area (Å²) in [6.07, 6.45) is 4.13. The Labute approximate surface area is 159 Å². The molecule has 27 heavy (non-hydrogen) atoms. The highest BCUT2D eigenvalue weighted by Gasteiger charge is 2.31. The molecule has 1 aromatic rings. The number of nitrogens with zero attached hydrogens (tertiary/aromatic N) is 1. The van der Waals surface area contributed by atoms with E-state index in [0.717, 1.165) is 24.8 Å². The first-order valence-electron chi connectivity index (χ1n) is 9.52.